The first kappa shape index (κ1) is 16.2. The van der Waals surface area contributed by atoms with Crippen LogP contribution in [0.5, 0.6) is 0 Å². The molecular weight excluding hydrogens is 286 g/mol. The van der Waals surface area contributed by atoms with Crippen LogP contribution in [0, 0.1) is 0 Å². The average Bonchev–Trinajstić information content (AvgIpc) is 2.87. The summed E-state index contributed by atoms with van der Waals surface area (Å²) in [5, 5.41) is 19.8. The number of hydrogen-bond acceptors (Lipinski definition) is 5. The van der Waals surface area contributed by atoms with E-state index in [9.17, 15) is 14.7 Å². The predicted octanol–water partition coefficient (Wildman–Crippen LogP) is 0.205. The van der Waals surface area contributed by atoms with E-state index in [1.165, 1.54) is 0 Å². The van der Waals surface area contributed by atoms with Gasteiger partial charge in [0, 0.05) is 29.9 Å². The number of aromatic amines is 1. The van der Waals surface area contributed by atoms with Gasteiger partial charge in [0.25, 0.3) is 0 Å². The second kappa shape index (κ2) is 6.27. The summed E-state index contributed by atoms with van der Waals surface area (Å²) in [6, 6.07) is 4.48. The molecule has 0 amide bonds. The van der Waals surface area contributed by atoms with Crippen molar-refractivity contribution in [2.75, 3.05) is 0 Å². The summed E-state index contributed by atoms with van der Waals surface area (Å²) in [6.07, 6.45) is 2.47. The van der Waals surface area contributed by atoms with Crippen molar-refractivity contribution in [2.45, 2.75) is 31.0 Å². The van der Waals surface area contributed by atoms with Gasteiger partial charge in [-0.1, -0.05) is 6.07 Å². The molecular formula is C15H19N3O4. The molecule has 2 aromatic rings. The van der Waals surface area contributed by atoms with Crippen molar-refractivity contribution in [2.24, 2.45) is 11.5 Å². The fraction of sp³-hybridized carbons (Fsp3) is 0.333. The van der Waals surface area contributed by atoms with Gasteiger partial charge < -0.3 is 25.7 Å². The molecule has 2 atom stereocenters. The van der Waals surface area contributed by atoms with Gasteiger partial charge in [0.2, 0.25) is 0 Å². The monoisotopic (exact) mass is 305 g/mol. The highest BCUT2D eigenvalue weighted by atomic mass is 16.4. The van der Waals surface area contributed by atoms with E-state index in [4.69, 9.17) is 16.6 Å². The number of carboxylic acid groups (broad SMARTS) is 1. The lowest BCUT2D eigenvalue weighted by molar-refractivity contribution is -0.138. The van der Waals surface area contributed by atoms with Gasteiger partial charge in [-0.3, -0.25) is 10.5 Å². The van der Waals surface area contributed by atoms with E-state index in [1.807, 2.05) is 0 Å². The third-order valence-corrected chi connectivity index (χ3v) is 3.62. The Morgan fingerprint density at radius 1 is 1.45 bits per heavy atom. The van der Waals surface area contributed by atoms with Crippen LogP contribution >= 0.6 is 0 Å². The van der Waals surface area contributed by atoms with Gasteiger partial charge in [0.05, 0.1) is 6.04 Å². The fourth-order valence-electron chi connectivity index (χ4n) is 2.36. The van der Waals surface area contributed by atoms with Gasteiger partial charge in [-0.15, -0.1) is 0 Å². The second-order valence-electron chi connectivity index (χ2n) is 5.40. The maximum atomic E-state index is 10.7. The molecule has 0 aliphatic heterocycles. The molecule has 22 heavy (non-hydrogen) atoms. The van der Waals surface area contributed by atoms with E-state index in [2.05, 4.69) is 4.98 Å². The zero-order valence-corrected chi connectivity index (χ0v) is 12.0. The van der Waals surface area contributed by atoms with Gasteiger partial charge in [-0.2, -0.15) is 0 Å². The Hall–Kier alpha value is -2.22. The van der Waals surface area contributed by atoms with E-state index >= 15 is 0 Å². The fourth-order valence-corrected chi connectivity index (χ4v) is 2.36. The smallest absolute Gasteiger partial charge is 0.303 e. The first-order valence-corrected chi connectivity index (χ1v) is 6.88. The number of rotatable bonds is 7. The van der Waals surface area contributed by atoms with Gasteiger partial charge in [0.15, 0.2) is 0 Å². The Labute approximate surface area is 126 Å². The minimum Gasteiger partial charge on any atom is -0.481 e. The van der Waals surface area contributed by atoms with Crippen LogP contribution in [0.1, 0.15) is 24.0 Å². The summed E-state index contributed by atoms with van der Waals surface area (Å²) in [7, 11) is 0. The Bertz CT molecular complexity index is 693. The van der Waals surface area contributed by atoms with Crippen molar-refractivity contribution in [3.8, 4) is 0 Å². The highest BCUT2D eigenvalue weighted by Crippen LogP contribution is 2.27. The van der Waals surface area contributed by atoms with Crippen LogP contribution in [0.4, 0.5) is 0 Å². The Morgan fingerprint density at radius 2 is 2.18 bits per heavy atom. The minimum atomic E-state index is -1.73. The molecule has 0 aliphatic rings. The number of H-pyrrole nitrogens is 1. The van der Waals surface area contributed by atoms with Gasteiger partial charge >= 0.3 is 5.97 Å². The molecule has 2 rings (SSSR count). The summed E-state index contributed by atoms with van der Waals surface area (Å²) in [6.45, 7) is 0. The Morgan fingerprint density at radius 3 is 2.82 bits per heavy atom. The summed E-state index contributed by atoms with van der Waals surface area (Å²) >= 11 is 0. The molecule has 0 radical (unpaired) electrons. The topological polar surface area (TPSA) is 142 Å². The van der Waals surface area contributed by atoms with Crippen LogP contribution in [0.15, 0.2) is 24.4 Å². The second-order valence-corrected chi connectivity index (χ2v) is 5.40. The molecule has 1 unspecified atom stereocenters. The number of carbonyl (C=O) groups excluding carboxylic acids is 1. The maximum Gasteiger partial charge on any atom is 0.303 e. The molecule has 1 aromatic carbocycles. The molecule has 0 spiro atoms. The number of nitrogens with one attached hydrogen (secondary N) is 1. The predicted molar refractivity (Wildman–Crippen MR) is 81.0 cm³/mol. The van der Waals surface area contributed by atoms with E-state index in [0.29, 0.717) is 18.3 Å². The van der Waals surface area contributed by atoms with Crippen molar-refractivity contribution in [1.29, 1.82) is 0 Å². The zero-order valence-electron chi connectivity index (χ0n) is 12.0. The van der Waals surface area contributed by atoms with E-state index < -0.39 is 17.7 Å². The molecule has 118 valence electrons. The molecule has 7 heteroatoms. The van der Waals surface area contributed by atoms with Crippen LogP contribution < -0.4 is 11.5 Å². The third kappa shape index (κ3) is 3.51. The van der Waals surface area contributed by atoms with Crippen LogP contribution in [0.3, 0.4) is 0 Å². The molecule has 0 fully saturated rings. The van der Waals surface area contributed by atoms with Gasteiger partial charge in [-0.25, -0.2) is 0 Å². The molecule has 1 aromatic heterocycles. The average molecular weight is 305 g/mol. The van der Waals surface area contributed by atoms with E-state index in [0.717, 1.165) is 16.5 Å². The summed E-state index contributed by atoms with van der Waals surface area (Å²) in [5.41, 5.74) is 11.8. The zero-order chi connectivity index (χ0) is 16.3. The Kier molecular flexibility index (Phi) is 4.60. The first-order chi connectivity index (χ1) is 10.3. The number of fused-ring (bicyclic) bond motifs is 1. The standard InChI is InChI=1S/C15H19N3O4/c16-11(8-19)5-9-7-18-13-2-1-10(6-12(9)13)15(17,22)4-3-14(20)21/h1-2,6-8,11,18,22H,3-5,16-17H2,(H,20,21)/t11-,15?/m1/s1. The highest BCUT2D eigenvalue weighted by molar-refractivity contribution is 5.84. The number of aromatic nitrogens is 1. The molecule has 1 heterocycles. The van der Waals surface area contributed by atoms with Gasteiger partial charge in [0.1, 0.15) is 12.0 Å². The largest absolute Gasteiger partial charge is 0.481 e. The third-order valence-electron chi connectivity index (χ3n) is 3.62. The van der Waals surface area contributed by atoms with Gasteiger partial charge in [-0.05, 0) is 29.7 Å². The number of aliphatic carboxylic acids is 1. The van der Waals surface area contributed by atoms with E-state index in [1.54, 1.807) is 24.4 Å². The van der Waals surface area contributed by atoms with Crippen LogP contribution in [-0.2, 0) is 21.7 Å². The Balaban J connectivity index is 2.33. The molecule has 0 aliphatic carbocycles. The van der Waals surface area contributed by atoms with Crippen LogP contribution in [-0.4, -0.2) is 33.5 Å². The normalized spacial score (nSPS) is 15.4. The number of benzene rings is 1. The van der Waals surface area contributed by atoms with Crippen molar-refractivity contribution in [3.63, 3.8) is 0 Å². The number of nitrogens with two attached hydrogens (primary N) is 2. The number of carbonyl (C=O) groups is 2. The molecule has 7 nitrogen and oxygen atoms in total. The maximum absolute atomic E-state index is 10.7. The lowest BCUT2D eigenvalue weighted by atomic mass is 9.96. The molecule has 0 saturated carbocycles. The number of hydrogen-bond donors (Lipinski definition) is 5. The quantitative estimate of drug-likeness (QED) is 0.365. The summed E-state index contributed by atoms with van der Waals surface area (Å²) < 4.78 is 0. The lowest BCUT2D eigenvalue weighted by Gasteiger charge is -2.23. The molecule has 0 saturated heterocycles. The summed E-state index contributed by atoms with van der Waals surface area (Å²) in [5.74, 6) is -1.02. The number of aldehydes is 1. The number of aliphatic hydroxyl groups is 1. The van der Waals surface area contributed by atoms with Crippen molar-refractivity contribution in [3.05, 3.63) is 35.5 Å². The van der Waals surface area contributed by atoms with Crippen molar-refractivity contribution < 1.29 is 19.8 Å². The highest BCUT2D eigenvalue weighted by Gasteiger charge is 2.25. The van der Waals surface area contributed by atoms with E-state index in [-0.39, 0.29) is 12.8 Å². The first-order valence-electron chi connectivity index (χ1n) is 6.88. The van der Waals surface area contributed by atoms with Crippen LogP contribution in [0.25, 0.3) is 10.9 Å². The SMILES string of the molecule is N[C@@H](C=O)Cc1c[nH]c2ccc(C(N)(O)CCC(=O)O)cc12. The van der Waals surface area contributed by atoms with Crippen molar-refractivity contribution >= 4 is 23.2 Å². The molecule has 0 bridgehead atoms. The number of carboxylic acids is 1. The lowest BCUT2D eigenvalue weighted by Crippen LogP contribution is -2.36. The minimum absolute atomic E-state index is 0.0958. The van der Waals surface area contributed by atoms with Crippen molar-refractivity contribution in [1.82, 2.24) is 4.98 Å². The van der Waals surface area contributed by atoms with Crippen LogP contribution in [0.2, 0.25) is 0 Å². The molecule has 7 N–H and O–H groups in total. The summed E-state index contributed by atoms with van der Waals surface area (Å²) in [4.78, 5) is 24.4.